The van der Waals surface area contributed by atoms with Crippen LogP contribution in [0.3, 0.4) is 0 Å². The van der Waals surface area contributed by atoms with Gasteiger partial charge >= 0.3 is 13.7 Å². The quantitative estimate of drug-likeness (QED) is 0.476. The average Bonchev–Trinajstić information content (AvgIpc) is 1.60. The summed E-state index contributed by atoms with van der Waals surface area (Å²) in [6, 6.07) is 0. The predicted molar refractivity (Wildman–Crippen MR) is 32.3 cm³/mol. The number of rotatable bonds is 3. The Labute approximate surface area is 57.3 Å². The Morgan fingerprint density at radius 2 is 2.00 bits per heavy atom. The van der Waals surface area contributed by atoms with Crippen molar-refractivity contribution in [1.29, 1.82) is 0 Å². The van der Waals surface area contributed by atoms with E-state index in [4.69, 9.17) is 14.9 Å². The van der Waals surface area contributed by atoms with Crippen molar-refractivity contribution in [3.05, 3.63) is 0 Å². The lowest BCUT2D eigenvalue weighted by atomic mass is 10.7. The molecule has 0 aliphatic carbocycles. The molecule has 0 amide bonds. The number of hydrogen-bond donors (Lipinski definition) is 3. The van der Waals surface area contributed by atoms with Gasteiger partial charge in [0.2, 0.25) is 0 Å². The van der Waals surface area contributed by atoms with Crippen LogP contribution >= 0.6 is 7.75 Å². The molecular weight excluding hydrogens is 163 g/mol. The first kappa shape index (κ1) is 9.58. The fourth-order valence-electron chi connectivity index (χ4n) is 0.288. The van der Waals surface area contributed by atoms with Crippen molar-refractivity contribution in [2.75, 3.05) is 13.6 Å². The van der Waals surface area contributed by atoms with Crippen LogP contribution in [-0.2, 0) is 9.36 Å². The van der Waals surface area contributed by atoms with Gasteiger partial charge in [-0.25, -0.2) is 9.24 Å². The Hall–Kier alpha value is -0.420. The lowest BCUT2D eigenvalue weighted by molar-refractivity contribution is -0.137. The Bertz CT molecular complexity index is 174. The van der Waals surface area contributed by atoms with Crippen molar-refractivity contribution in [3.8, 4) is 0 Å². The summed E-state index contributed by atoms with van der Waals surface area (Å²) in [5, 5.41) is 8.06. The molecule has 0 aromatic carbocycles. The second kappa shape index (κ2) is 3.12. The summed E-state index contributed by atoms with van der Waals surface area (Å²) in [6.07, 6.45) is 0. The molecule has 3 N–H and O–H groups in total. The van der Waals surface area contributed by atoms with Gasteiger partial charge in [-0.15, -0.1) is 0 Å². The van der Waals surface area contributed by atoms with Crippen LogP contribution in [0.5, 0.6) is 0 Å². The Morgan fingerprint density at radius 1 is 1.60 bits per heavy atom. The molecular formula is C3H8NO5P. The second-order valence-corrected chi connectivity index (χ2v) is 3.43. The van der Waals surface area contributed by atoms with E-state index in [0.717, 1.165) is 7.05 Å². The van der Waals surface area contributed by atoms with Crippen LogP contribution in [0.1, 0.15) is 0 Å². The summed E-state index contributed by atoms with van der Waals surface area (Å²) in [4.78, 5) is 26.5. The topological polar surface area (TPSA) is 98.1 Å². The van der Waals surface area contributed by atoms with E-state index < -0.39 is 20.3 Å². The zero-order chi connectivity index (χ0) is 8.36. The molecule has 0 heterocycles. The molecule has 60 valence electrons. The molecule has 0 radical (unpaired) electrons. The Kier molecular flexibility index (Phi) is 2.98. The van der Waals surface area contributed by atoms with E-state index in [0.29, 0.717) is 4.67 Å². The zero-order valence-electron chi connectivity index (χ0n) is 5.26. The van der Waals surface area contributed by atoms with E-state index in [-0.39, 0.29) is 0 Å². The molecule has 0 aromatic rings. The molecule has 0 unspecified atom stereocenters. The molecule has 6 nitrogen and oxygen atoms in total. The van der Waals surface area contributed by atoms with Crippen LogP contribution in [0.25, 0.3) is 0 Å². The van der Waals surface area contributed by atoms with Gasteiger partial charge in [0.25, 0.3) is 0 Å². The van der Waals surface area contributed by atoms with Crippen LogP contribution < -0.4 is 0 Å². The third kappa shape index (κ3) is 3.58. The maximum Gasteiger partial charge on any atom is 0.403 e. The Morgan fingerprint density at radius 3 is 2.10 bits per heavy atom. The highest BCUT2D eigenvalue weighted by atomic mass is 31.2. The summed E-state index contributed by atoms with van der Waals surface area (Å²) in [7, 11) is -3.32. The van der Waals surface area contributed by atoms with Gasteiger partial charge in [-0.05, 0) is 7.05 Å². The molecule has 0 aromatic heterocycles. The van der Waals surface area contributed by atoms with Gasteiger partial charge < -0.3 is 14.9 Å². The molecule has 0 spiro atoms. The highest BCUT2D eigenvalue weighted by Gasteiger charge is 2.22. The average molecular weight is 171 g/mol. The zero-order valence-corrected chi connectivity index (χ0v) is 6.15. The van der Waals surface area contributed by atoms with Crippen LogP contribution in [0, 0.1) is 0 Å². The van der Waals surface area contributed by atoms with Gasteiger partial charge in [0.15, 0.2) is 0 Å². The summed E-state index contributed by atoms with van der Waals surface area (Å²) in [5.74, 6) is -1.27. The third-order valence-electron chi connectivity index (χ3n) is 0.809. The van der Waals surface area contributed by atoms with Crippen molar-refractivity contribution in [1.82, 2.24) is 4.67 Å². The molecule has 0 bridgehead atoms. The van der Waals surface area contributed by atoms with E-state index in [1.165, 1.54) is 0 Å². The number of likely N-dealkylation sites (N-methyl/N-ethyl adjacent to an activating group) is 1. The second-order valence-electron chi connectivity index (χ2n) is 1.72. The first-order valence-corrected chi connectivity index (χ1v) is 3.89. The highest BCUT2D eigenvalue weighted by Crippen LogP contribution is 2.37. The Balaban J connectivity index is 3.98. The molecule has 0 saturated carbocycles. The normalized spacial score (nSPS) is 12.0. The monoisotopic (exact) mass is 171 g/mol. The standard InChI is InChI=1S/C3H8NO5P/c1-4(2-3(5)6)10(7,8)9/h2H2,1H3,(H,5,6)(H2,7,8,9)/i1+2. The first-order chi connectivity index (χ1) is 4.34. The number of carboxylic acid groups (broad SMARTS) is 1. The summed E-state index contributed by atoms with van der Waals surface area (Å²) >= 11 is 0. The lowest BCUT2D eigenvalue weighted by Gasteiger charge is -2.14. The van der Waals surface area contributed by atoms with Crippen molar-refractivity contribution in [2.45, 2.75) is 0 Å². The number of aliphatic carboxylic acids is 1. The van der Waals surface area contributed by atoms with Gasteiger partial charge in [0.1, 0.15) is 6.54 Å². The molecule has 7 heteroatoms. The maximum absolute atomic E-state index is 10.2. The summed E-state index contributed by atoms with van der Waals surface area (Å²) in [5.41, 5.74) is 0. The van der Waals surface area contributed by atoms with Crippen LogP contribution in [-0.4, -0.2) is 39.1 Å². The van der Waals surface area contributed by atoms with Gasteiger partial charge in [0.05, 0.1) is 0 Å². The van der Waals surface area contributed by atoms with Crippen molar-refractivity contribution in [3.63, 3.8) is 0 Å². The van der Waals surface area contributed by atoms with Gasteiger partial charge in [0, 0.05) is 0 Å². The molecule has 0 rings (SSSR count). The molecule has 0 fully saturated rings. The fraction of sp³-hybridized carbons (Fsp3) is 0.667. The number of carbonyl (C=O) groups is 1. The molecule has 0 aliphatic heterocycles. The molecule has 0 aliphatic rings. The minimum absolute atomic E-state index is 0.454. The predicted octanol–water partition coefficient (Wildman–Crippen LogP) is -0.905. The largest absolute Gasteiger partial charge is 0.480 e. The SMILES string of the molecule is [14CH3]N(CC(=O)O)P(=O)(O)O. The van der Waals surface area contributed by atoms with Crippen molar-refractivity contribution >= 4 is 13.7 Å². The number of hydrogen-bond acceptors (Lipinski definition) is 2. The molecule has 10 heavy (non-hydrogen) atoms. The summed E-state index contributed by atoms with van der Waals surface area (Å²) < 4.78 is 10.7. The van der Waals surface area contributed by atoms with E-state index in [9.17, 15) is 9.36 Å². The van der Waals surface area contributed by atoms with E-state index >= 15 is 0 Å². The van der Waals surface area contributed by atoms with Gasteiger partial charge in [-0.2, -0.15) is 0 Å². The first-order valence-electron chi connectivity index (χ1n) is 2.33. The van der Waals surface area contributed by atoms with E-state index in [2.05, 4.69) is 0 Å². The highest BCUT2D eigenvalue weighted by molar-refractivity contribution is 7.49. The molecule has 0 saturated heterocycles. The van der Waals surface area contributed by atoms with Crippen LogP contribution in [0.15, 0.2) is 0 Å². The van der Waals surface area contributed by atoms with Crippen molar-refractivity contribution < 1.29 is 24.3 Å². The lowest BCUT2D eigenvalue weighted by Crippen LogP contribution is -2.22. The van der Waals surface area contributed by atoms with E-state index in [1.54, 1.807) is 0 Å². The van der Waals surface area contributed by atoms with Gasteiger partial charge in [-0.1, -0.05) is 0 Å². The maximum atomic E-state index is 10.2. The van der Waals surface area contributed by atoms with Crippen LogP contribution in [0.4, 0.5) is 0 Å². The van der Waals surface area contributed by atoms with Gasteiger partial charge in [-0.3, -0.25) is 4.79 Å². The fourth-order valence-corrected chi connectivity index (χ4v) is 0.593. The van der Waals surface area contributed by atoms with E-state index in [1.807, 2.05) is 0 Å². The number of carboxylic acids is 1. The smallest absolute Gasteiger partial charge is 0.403 e. The van der Waals surface area contributed by atoms with Crippen LogP contribution in [0.2, 0.25) is 0 Å². The minimum atomic E-state index is -4.36. The van der Waals surface area contributed by atoms with Crippen molar-refractivity contribution in [2.24, 2.45) is 0 Å². The minimum Gasteiger partial charge on any atom is -0.480 e. The summed E-state index contributed by atoms with van der Waals surface area (Å²) in [6.45, 7) is -0.662. The number of nitrogens with zero attached hydrogens (tertiary/aromatic N) is 1. The molecule has 0 atom stereocenters. The third-order valence-corrected chi connectivity index (χ3v) is 1.84.